The maximum atomic E-state index is 10.1. The minimum absolute atomic E-state index is 0.0927. The molecule has 0 amide bonds. The van der Waals surface area contributed by atoms with Crippen LogP contribution in [0.3, 0.4) is 0 Å². The summed E-state index contributed by atoms with van der Waals surface area (Å²) in [4.78, 5) is 0. The Hall–Kier alpha value is -0.770. The Balaban J connectivity index is 1.48. The van der Waals surface area contributed by atoms with Crippen molar-refractivity contribution in [1.29, 1.82) is 5.26 Å². The molecule has 1 atom stereocenters. The predicted octanol–water partition coefficient (Wildman–Crippen LogP) is 8.60. The second-order valence-electron chi connectivity index (χ2n) is 10.5. The molecular formula is C27H45N. The molecule has 1 heteroatoms. The quantitative estimate of drug-likeness (QED) is 0.385. The fourth-order valence-corrected chi connectivity index (χ4v) is 6.63. The van der Waals surface area contributed by atoms with E-state index in [4.69, 9.17) is 0 Å². The molecule has 0 spiro atoms. The molecule has 0 unspecified atom stereocenters. The van der Waals surface area contributed by atoms with Crippen molar-refractivity contribution >= 4 is 0 Å². The van der Waals surface area contributed by atoms with Gasteiger partial charge in [0.25, 0.3) is 0 Å². The fraction of sp³-hybridized carbons (Fsp3) is 0.889. The van der Waals surface area contributed by atoms with Gasteiger partial charge in [-0.25, -0.2) is 0 Å². The Labute approximate surface area is 175 Å². The van der Waals surface area contributed by atoms with Crippen LogP contribution >= 0.6 is 0 Å². The second-order valence-corrected chi connectivity index (χ2v) is 10.5. The smallest absolute Gasteiger partial charge is 0.0782 e. The average Bonchev–Trinajstić information content (AvgIpc) is 2.77. The van der Waals surface area contributed by atoms with Gasteiger partial charge in [0.2, 0.25) is 0 Å². The van der Waals surface area contributed by atoms with Crippen LogP contribution in [0.25, 0.3) is 0 Å². The fourth-order valence-electron chi connectivity index (χ4n) is 6.63. The van der Waals surface area contributed by atoms with Gasteiger partial charge >= 0.3 is 0 Å². The minimum atomic E-state index is -0.0927. The van der Waals surface area contributed by atoms with Gasteiger partial charge < -0.3 is 0 Å². The lowest BCUT2D eigenvalue weighted by atomic mass is 9.61. The van der Waals surface area contributed by atoms with E-state index in [0.717, 1.165) is 36.5 Å². The molecule has 3 aliphatic carbocycles. The molecule has 1 nitrogen and oxygen atoms in total. The highest BCUT2D eigenvalue weighted by molar-refractivity contribution is 5.26. The number of rotatable bonds is 8. The van der Waals surface area contributed by atoms with Crippen LogP contribution in [0, 0.1) is 40.4 Å². The summed E-state index contributed by atoms with van der Waals surface area (Å²) >= 11 is 0. The van der Waals surface area contributed by atoms with Crippen molar-refractivity contribution in [2.45, 2.75) is 123 Å². The van der Waals surface area contributed by atoms with Crippen molar-refractivity contribution in [2.75, 3.05) is 0 Å². The van der Waals surface area contributed by atoms with E-state index in [0.29, 0.717) is 0 Å². The van der Waals surface area contributed by atoms with Crippen molar-refractivity contribution in [3.05, 3.63) is 11.6 Å². The summed E-state index contributed by atoms with van der Waals surface area (Å²) in [5.74, 6) is 3.79. The largest absolute Gasteiger partial charge is 0.197 e. The Morgan fingerprint density at radius 3 is 2.00 bits per heavy atom. The zero-order valence-corrected chi connectivity index (χ0v) is 18.9. The minimum Gasteiger partial charge on any atom is -0.197 e. The molecule has 2 fully saturated rings. The van der Waals surface area contributed by atoms with Crippen LogP contribution in [0.5, 0.6) is 0 Å². The van der Waals surface area contributed by atoms with Crippen molar-refractivity contribution < 1.29 is 0 Å². The van der Waals surface area contributed by atoms with Crippen molar-refractivity contribution in [3.63, 3.8) is 0 Å². The van der Waals surface area contributed by atoms with E-state index in [2.05, 4.69) is 26.0 Å². The molecule has 0 aromatic rings. The molecule has 0 heterocycles. The van der Waals surface area contributed by atoms with E-state index in [1.807, 2.05) is 0 Å². The summed E-state index contributed by atoms with van der Waals surface area (Å²) in [6.07, 6.45) is 25.5. The van der Waals surface area contributed by atoms with Crippen LogP contribution < -0.4 is 0 Å². The predicted molar refractivity (Wildman–Crippen MR) is 120 cm³/mol. The Kier molecular flexibility index (Phi) is 8.50. The summed E-state index contributed by atoms with van der Waals surface area (Å²) in [6.45, 7) is 4.62. The molecular weight excluding hydrogens is 338 g/mol. The van der Waals surface area contributed by atoms with Crippen LogP contribution in [0.1, 0.15) is 123 Å². The maximum Gasteiger partial charge on any atom is 0.0782 e. The van der Waals surface area contributed by atoms with Gasteiger partial charge in [-0.1, -0.05) is 76.9 Å². The van der Waals surface area contributed by atoms with Crippen molar-refractivity contribution in [2.24, 2.45) is 29.1 Å². The highest BCUT2D eigenvalue weighted by Gasteiger charge is 2.41. The first-order valence-corrected chi connectivity index (χ1v) is 12.8. The summed E-state index contributed by atoms with van der Waals surface area (Å²) < 4.78 is 0. The number of nitrogens with zero attached hydrogens (tertiary/aromatic N) is 1. The highest BCUT2D eigenvalue weighted by atomic mass is 14.5. The third-order valence-corrected chi connectivity index (χ3v) is 8.72. The van der Waals surface area contributed by atoms with E-state index < -0.39 is 0 Å². The van der Waals surface area contributed by atoms with Gasteiger partial charge in [-0.15, -0.1) is 0 Å². The van der Waals surface area contributed by atoms with E-state index >= 15 is 0 Å². The van der Waals surface area contributed by atoms with Gasteiger partial charge in [0.1, 0.15) is 0 Å². The summed E-state index contributed by atoms with van der Waals surface area (Å²) in [5.41, 5.74) is 1.44. The first kappa shape index (κ1) is 21.9. The molecule has 0 aromatic heterocycles. The molecule has 0 N–H and O–H groups in total. The molecule has 0 aliphatic heterocycles. The van der Waals surface area contributed by atoms with Gasteiger partial charge in [0.15, 0.2) is 0 Å². The molecule has 0 bridgehead atoms. The molecule has 3 aliphatic rings. The van der Waals surface area contributed by atoms with E-state index in [1.165, 1.54) is 102 Å². The SMILES string of the molecule is CCCCC1CCC([C@H]2CC[C@](C#N)(C3=CC[C@H](CCCC)CC3)CC2)CC1. The van der Waals surface area contributed by atoms with Gasteiger partial charge in [-0.3, -0.25) is 0 Å². The Morgan fingerprint density at radius 2 is 1.46 bits per heavy atom. The lowest BCUT2D eigenvalue weighted by molar-refractivity contribution is 0.130. The van der Waals surface area contributed by atoms with Crippen LogP contribution in [-0.4, -0.2) is 0 Å². The Bertz CT molecular complexity index is 523. The summed E-state index contributed by atoms with van der Waals surface area (Å²) in [7, 11) is 0. The molecule has 0 radical (unpaired) electrons. The third-order valence-electron chi connectivity index (χ3n) is 8.72. The molecule has 2 saturated carbocycles. The first-order chi connectivity index (χ1) is 13.7. The highest BCUT2D eigenvalue weighted by Crippen LogP contribution is 2.51. The number of nitriles is 1. The molecule has 3 rings (SSSR count). The number of hydrogen-bond acceptors (Lipinski definition) is 1. The molecule has 28 heavy (non-hydrogen) atoms. The standard InChI is InChI=1S/C27H45N/c1-3-5-7-22-9-13-24(14-10-22)25-17-19-27(21-28,20-18-25)26-15-11-23(12-16-26)8-6-4-2/h15,22-25H,3-14,16-20H2,1-2H3/t22?,23-,24?,25-,27-/m0/s1. The van der Waals surface area contributed by atoms with E-state index in [-0.39, 0.29) is 5.41 Å². The zero-order chi connectivity index (χ0) is 19.8. The number of hydrogen-bond donors (Lipinski definition) is 0. The molecule has 0 aromatic carbocycles. The normalized spacial score (nSPS) is 36.5. The Morgan fingerprint density at radius 1 is 0.857 bits per heavy atom. The topological polar surface area (TPSA) is 23.8 Å². The van der Waals surface area contributed by atoms with Gasteiger partial charge in [-0.05, 0) is 81.5 Å². The van der Waals surface area contributed by atoms with Crippen LogP contribution in [0.15, 0.2) is 11.6 Å². The average molecular weight is 384 g/mol. The summed E-state index contributed by atoms with van der Waals surface area (Å²) in [6, 6.07) is 2.83. The third kappa shape index (κ3) is 5.43. The maximum absolute atomic E-state index is 10.1. The lowest BCUT2D eigenvalue weighted by Gasteiger charge is -2.42. The second kappa shape index (κ2) is 10.8. The van der Waals surface area contributed by atoms with Crippen molar-refractivity contribution in [1.82, 2.24) is 0 Å². The molecule has 0 saturated heterocycles. The van der Waals surface area contributed by atoms with Crippen LogP contribution in [-0.2, 0) is 0 Å². The number of allylic oxidation sites excluding steroid dienone is 2. The van der Waals surface area contributed by atoms with Gasteiger partial charge in [0, 0.05) is 0 Å². The monoisotopic (exact) mass is 383 g/mol. The first-order valence-electron chi connectivity index (χ1n) is 12.8. The van der Waals surface area contributed by atoms with Gasteiger partial charge in [-0.2, -0.15) is 5.26 Å². The van der Waals surface area contributed by atoms with Gasteiger partial charge in [0.05, 0.1) is 11.5 Å². The van der Waals surface area contributed by atoms with Crippen LogP contribution in [0.4, 0.5) is 0 Å². The summed E-state index contributed by atoms with van der Waals surface area (Å²) in [5, 5.41) is 10.1. The van der Waals surface area contributed by atoms with E-state index in [1.54, 1.807) is 0 Å². The molecule has 158 valence electrons. The van der Waals surface area contributed by atoms with E-state index in [9.17, 15) is 5.26 Å². The van der Waals surface area contributed by atoms with Crippen LogP contribution in [0.2, 0.25) is 0 Å². The lowest BCUT2D eigenvalue weighted by Crippen LogP contribution is -2.33. The zero-order valence-electron chi connectivity index (χ0n) is 18.9. The van der Waals surface area contributed by atoms with Crippen molar-refractivity contribution in [3.8, 4) is 6.07 Å². The number of unbranched alkanes of at least 4 members (excludes halogenated alkanes) is 2.